The van der Waals surface area contributed by atoms with Crippen molar-refractivity contribution in [2.75, 3.05) is 5.75 Å². The lowest BCUT2D eigenvalue weighted by atomic mass is 10.2. The third-order valence-electron chi connectivity index (χ3n) is 2.16. The van der Waals surface area contributed by atoms with Crippen LogP contribution in [0.25, 0.3) is 10.9 Å². The Balaban J connectivity index is 2.60. The first kappa shape index (κ1) is 12.9. The highest BCUT2D eigenvalue weighted by atomic mass is 32.2. The standard InChI is InChI=1S/C12H9F3N2S/c1-2-7-18-10-8-5-3-4-6-9(8)16-11(17-10)12(13,14)15/h2-6H,1,7H2. The molecule has 2 rings (SSSR count). The van der Waals surface area contributed by atoms with E-state index >= 15 is 0 Å². The lowest BCUT2D eigenvalue weighted by molar-refractivity contribution is -0.145. The van der Waals surface area contributed by atoms with Crippen molar-refractivity contribution in [1.29, 1.82) is 0 Å². The Labute approximate surface area is 106 Å². The van der Waals surface area contributed by atoms with Crippen LogP contribution in [0.15, 0.2) is 41.9 Å². The predicted molar refractivity (Wildman–Crippen MR) is 65.5 cm³/mol. The number of hydrogen-bond donors (Lipinski definition) is 0. The first-order chi connectivity index (χ1) is 8.52. The van der Waals surface area contributed by atoms with E-state index in [4.69, 9.17) is 0 Å². The monoisotopic (exact) mass is 270 g/mol. The van der Waals surface area contributed by atoms with Crippen LogP contribution in [0.2, 0.25) is 0 Å². The van der Waals surface area contributed by atoms with Crippen LogP contribution in [-0.4, -0.2) is 15.7 Å². The topological polar surface area (TPSA) is 25.8 Å². The molecule has 2 nitrogen and oxygen atoms in total. The number of nitrogens with zero attached hydrogens (tertiary/aromatic N) is 2. The molecule has 0 radical (unpaired) electrons. The van der Waals surface area contributed by atoms with Crippen molar-refractivity contribution >= 4 is 22.7 Å². The molecule has 0 saturated heterocycles. The van der Waals surface area contributed by atoms with Gasteiger partial charge in [0.25, 0.3) is 0 Å². The molecule has 0 fully saturated rings. The number of aromatic nitrogens is 2. The van der Waals surface area contributed by atoms with Crippen LogP contribution in [0.5, 0.6) is 0 Å². The SMILES string of the molecule is C=CCSc1nc(C(F)(F)F)nc2ccccc12. The van der Waals surface area contributed by atoms with Crippen LogP contribution < -0.4 is 0 Å². The van der Waals surface area contributed by atoms with E-state index in [9.17, 15) is 13.2 Å². The Morgan fingerprint density at radius 3 is 2.61 bits per heavy atom. The molecule has 0 bridgehead atoms. The van der Waals surface area contributed by atoms with Crippen molar-refractivity contribution in [2.24, 2.45) is 0 Å². The number of benzene rings is 1. The van der Waals surface area contributed by atoms with Crippen LogP contribution in [0.4, 0.5) is 13.2 Å². The summed E-state index contributed by atoms with van der Waals surface area (Å²) in [6.07, 6.45) is -2.91. The van der Waals surface area contributed by atoms with E-state index < -0.39 is 12.0 Å². The summed E-state index contributed by atoms with van der Waals surface area (Å²) >= 11 is 1.21. The van der Waals surface area contributed by atoms with E-state index in [0.717, 1.165) is 0 Å². The fourth-order valence-electron chi connectivity index (χ4n) is 1.42. The second-order valence-corrected chi connectivity index (χ2v) is 4.48. The first-order valence-electron chi connectivity index (χ1n) is 5.10. The molecule has 94 valence electrons. The molecule has 0 aliphatic heterocycles. The summed E-state index contributed by atoms with van der Waals surface area (Å²) < 4.78 is 38.0. The summed E-state index contributed by atoms with van der Waals surface area (Å²) in [6, 6.07) is 6.65. The molecule has 0 spiro atoms. The van der Waals surface area contributed by atoms with E-state index in [1.807, 2.05) is 0 Å². The molecule has 1 aromatic carbocycles. The van der Waals surface area contributed by atoms with E-state index in [1.165, 1.54) is 11.8 Å². The molecule has 0 atom stereocenters. The van der Waals surface area contributed by atoms with Crippen LogP contribution in [0.1, 0.15) is 5.82 Å². The Morgan fingerprint density at radius 2 is 1.94 bits per heavy atom. The van der Waals surface area contributed by atoms with E-state index in [1.54, 1.807) is 30.3 Å². The molecule has 18 heavy (non-hydrogen) atoms. The predicted octanol–water partition coefficient (Wildman–Crippen LogP) is 3.93. The van der Waals surface area contributed by atoms with Gasteiger partial charge in [-0.3, -0.25) is 0 Å². The lowest BCUT2D eigenvalue weighted by Gasteiger charge is -2.09. The number of para-hydroxylation sites is 1. The molecule has 0 aliphatic carbocycles. The fraction of sp³-hybridized carbons (Fsp3) is 0.167. The van der Waals surface area contributed by atoms with Crippen LogP contribution in [0.3, 0.4) is 0 Å². The molecule has 0 amide bonds. The molecule has 1 heterocycles. The Bertz CT molecular complexity index is 581. The summed E-state index contributed by atoms with van der Waals surface area (Å²) in [5, 5.41) is 0.949. The number of alkyl halides is 3. The largest absolute Gasteiger partial charge is 0.451 e. The molecule has 0 aliphatic rings. The van der Waals surface area contributed by atoms with Gasteiger partial charge in [-0.15, -0.1) is 18.3 Å². The minimum atomic E-state index is -4.53. The zero-order valence-corrected chi connectivity index (χ0v) is 10.1. The Morgan fingerprint density at radius 1 is 1.22 bits per heavy atom. The van der Waals surface area contributed by atoms with Crippen LogP contribution in [0, 0.1) is 0 Å². The first-order valence-corrected chi connectivity index (χ1v) is 6.08. The van der Waals surface area contributed by atoms with E-state index in [0.29, 0.717) is 21.7 Å². The molecule has 1 aromatic heterocycles. The number of halogens is 3. The molecule has 0 saturated carbocycles. The second kappa shape index (κ2) is 4.97. The minimum Gasteiger partial charge on any atom is -0.224 e. The summed E-state index contributed by atoms with van der Waals surface area (Å²) in [4.78, 5) is 7.13. The average Bonchev–Trinajstić information content (AvgIpc) is 2.34. The summed E-state index contributed by atoms with van der Waals surface area (Å²) in [5.41, 5.74) is 0.298. The van der Waals surface area contributed by atoms with Crippen molar-refractivity contribution in [1.82, 2.24) is 9.97 Å². The zero-order chi connectivity index (χ0) is 13.2. The van der Waals surface area contributed by atoms with Gasteiger partial charge < -0.3 is 0 Å². The van der Waals surface area contributed by atoms with Gasteiger partial charge in [0.15, 0.2) is 0 Å². The van der Waals surface area contributed by atoms with Gasteiger partial charge in [0.2, 0.25) is 5.82 Å². The molecule has 6 heteroatoms. The summed E-state index contributed by atoms with van der Waals surface area (Å²) in [5.74, 6) is -0.606. The van der Waals surface area contributed by atoms with Crippen molar-refractivity contribution < 1.29 is 13.2 Å². The van der Waals surface area contributed by atoms with Gasteiger partial charge in [-0.25, -0.2) is 9.97 Å². The van der Waals surface area contributed by atoms with E-state index in [2.05, 4.69) is 16.5 Å². The van der Waals surface area contributed by atoms with Gasteiger partial charge in [0, 0.05) is 11.1 Å². The number of thioether (sulfide) groups is 1. The second-order valence-electron chi connectivity index (χ2n) is 3.47. The Kier molecular flexibility index (Phi) is 3.56. The molecular formula is C12H9F3N2S. The van der Waals surface area contributed by atoms with Gasteiger partial charge in [-0.2, -0.15) is 13.2 Å². The maximum Gasteiger partial charge on any atom is 0.451 e. The van der Waals surface area contributed by atoms with Crippen molar-refractivity contribution in [3.05, 3.63) is 42.7 Å². The normalized spacial score (nSPS) is 11.7. The van der Waals surface area contributed by atoms with Gasteiger partial charge in [0.05, 0.1) is 5.52 Å². The smallest absolute Gasteiger partial charge is 0.224 e. The third-order valence-corrected chi connectivity index (χ3v) is 3.15. The molecule has 2 aromatic rings. The highest BCUT2D eigenvalue weighted by Gasteiger charge is 2.35. The number of fused-ring (bicyclic) bond motifs is 1. The fourth-order valence-corrected chi connectivity index (χ4v) is 2.18. The molecule has 0 unspecified atom stereocenters. The maximum atomic E-state index is 12.7. The van der Waals surface area contributed by atoms with Crippen molar-refractivity contribution in [3.63, 3.8) is 0 Å². The minimum absolute atomic E-state index is 0.298. The van der Waals surface area contributed by atoms with Gasteiger partial charge in [-0.05, 0) is 6.07 Å². The van der Waals surface area contributed by atoms with Gasteiger partial charge >= 0.3 is 6.18 Å². The maximum absolute atomic E-state index is 12.7. The van der Waals surface area contributed by atoms with Crippen molar-refractivity contribution in [2.45, 2.75) is 11.2 Å². The van der Waals surface area contributed by atoms with Crippen LogP contribution in [-0.2, 0) is 6.18 Å². The lowest BCUT2D eigenvalue weighted by Crippen LogP contribution is -2.11. The van der Waals surface area contributed by atoms with Crippen molar-refractivity contribution in [3.8, 4) is 0 Å². The summed E-state index contributed by atoms with van der Waals surface area (Å²) in [7, 11) is 0. The van der Waals surface area contributed by atoms with E-state index in [-0.39, 0.29) is 0 Å². The van der Waals surface area contributed by atoms with Gasteiger partial charge in [0.1, 0.15) is 5.03 Å². The molecule has 0 N–H and O–H groups in total. The summed E-state index contributed by atoms with van der Waals surface area (Å²) in [6.45, 7) is 3.54. The Hall–Kier alpha value is -1.56. The number of rotatable bonds is 3. The quantitative estimate of drug-likeness (QED) is 0.480. The van der Waals surface area contributed by atoms with Gasteiger partial charge in [-0.1, -0.05) is 24.3 Å². The highest BCUT2D eigenvalue weighted by molar-refractivity contribution is 7.99. The highest BCUT2D eigenvalue weighted by Crippen LogP contribution is 2.31. The zero-order valence-electron chi connectivity index (χ0n) is 9.24. The number of hydrogen-bond acceptors (Lipinski definition) is 3. The third kappa shape index (κ3) is 2.64. The molecular weight excluding hydrogens is 261 g/mol. The van der Waals surface area contributed by atoms with Crippen LogP contribution >= 0.6 is 11.8 Å². The average molecular weight is 270 g/mol.